The summed E-state index contributed by atoms with van der Waals surface area (Å²) in [5.74, 6) is 1.59. The smallest absolute Gasteiger partial charge is 0.00569 e. The van der Waals surface area contributed by atoms with Crippen molar-refractivity contribution in [2.45, 2.75) is 13.8 Å². The van der Waals surface area contributed by atoms with E-state index in [1.165, 1.54) is 19.6 Å². The molecule has 0 saturated carbocycles. The van der Waals surface area contributed by atoms with Crippen LogP contribution in [-0.2, 0) is 0 Å². The summed E-state index contributed by atoms with van der Waals surface area (Å²) in [6.07, 6.45) is 2.07. The van der Waals surface area contributed by atoms with Crippen molar-refractivity contribution in [1.29, 1.82) is 0 Å². The molecule has 1 nitrogen and oxygen atoms in total. The summed E-state index contributed by atoms with van der Waals surface area (Å²) in [6.45, 7) is 12.0. The van der Waals surface area contributed by atoms with Gasteiger partial charge in [0.25, 0.3) is 0 Å². The largest absolute Gasteiger partial charge is 0.302 e. The van der Waals surface area contributed by atoms with Gasteiger partial charge >= 0.3 is 0 Å². The van der Waals surface area contributed by atoms with E-state index in [0.29, 0.717) is 0 Å². The third-order valence-electron chi connectivity index (χ3n) is 1.94. The average molecular weight is 139 g/mol. The maximum Gasteiger partial charge on any atom is 0.00569 e. The monoisotopic (exact) mass is 139 g/mol. The minimum atomic E-state index is 0.777. The molecule has 58 valence electrons. The molecule has 1 saturated heterocycles. The van der Waals surface area contributed by atoms with Gasteiger partial charge in [-0.05, 0) is 5.92 Å². The Morgan fingerprint density at radius 3 is 2.60 bits per heavy atom. The highest BCUT2D eigenvalue weighted by atomic mass is 15.2. The van der Waals surface area contributed by atoms with Gasteiger partial charge < -0.3 is 4.90 Å². The number of hydrogen-bond acceptors (Lipinski definition) is 1. The molecule has 0 radical (unpaired) electrons. The van der Waals surface area contributed by atoms with Crippen molar-refractivity contribution in [3.05, 3.63) is 12.7 Å². The summed E-state index contributed by atoms with van der Waals surface area (Å²) in [4.78, 5) is 2.48. The predicted octanol–water partition coefficient (Wildman–Crippen LogP) is 1.76. The fourth-order valence-corrected chi connectivity index (χ4v) is 1.42. The number of nitrogens with zero attached hydrogens (tertiary/aromatic N) is 1. The fourth-order valence-electron chi connectivity index (χ4n) is 1.42. The fraction of sp³-hybridized carbons (Fsp3) is 0.778. The number of hydrogen-bond donors (Lipinski definition) is 0. The van der Waals surface area contributed by atoms with E-state index in [9.17, 15) is 0 Å². The van der Waals surface area contributed by atoms with Gasteiger partial charge in [-0.15, -0.1) is 6.58 Å². The molecule has 1 fully saturated rings. The van der Waals surface area contributed by atoms with E-state index in [-0.39, 0.29) is 0 Å². The molecule has 0 unspecified atom stereocenters. The lowest BCUT2D eigenvalue weighted by Gasteiger charge is -2.38. The van der Waals surface area contributed by atoms with E-state index >= 15 is 0 Å². The molecule has 0 bridgehead atoms. The second-order valence-corrected chi connectivity index (χ2v) is 3.61. The maximum atomic E-state index is 3.77. The highest BCUT2D eigenvalue weighted by molar-refractivity contribution is 4.91. The molecule has 1 aliphatic heterocycles. The van der Waals surface area contributed by atoms with Crippen molar-refractivity contribution in [3.63, 3.8) is 0 Å². The van der Waals surface area contributed by atoms with Crippen molar-refractivity contribution in [1.82, 2.24) is 4.90 Å². The zero-order chi connectivity index (χ0) is 7.56. The third kappa shape index (κ3) is 1.84. The molecule has 0 atom stereocenters. The van der Waals surface area contributed by atoms with Crippen LogP contribution in [0, 0.1) is 11.8 Å². The molecule has 1 aliphatic rings. The van der Waals surface area contributed by atoms with Gasteiger partial charge in [-0.1, -0.05) is 19.9 Å². The highest BCUT2D eigenvalue weighted by Crippen LogP contribution is 2.16. The molecule has 0 spiro atoms. The minimum absolute atomic E-state index is 0.777. The summed E-state index contributed by atoms with van der Waals surface area (Å²) in [6, 6.07) is 0. The number of likely N-dealkylation sites (tertiary alicyclic amines) is 1. The zero-order valence-corrected chi connectivity index (χ0v) is 7.01. The van der Waals surface area contributed by atoms with Crippen molar-refractivity contribution < 1.29 is 0 Å². The predicted molar refractivity (Wildman–Crippen MR) is 45.0 cm³/mol. The SMILES string of the molecule is C=CC1CN(CC(C)C)C1. The van der Waals surface area contributed by atoms with Crippen molar-refractivity contribution >= 4 is 0 Å². The van der Waals surface area contributed by atoms with E-state index in [1.807, 2.05) is 0 Å². The van der Waals surface area contributed by atoms with Crippen LogP contribution < -0.4 is 0 Å². The molecular formula is C9H17N. The lowest BCUT2D eigenvalue weighted by Crippen LogP contribution is -2.47. The molecule has 0 aliphatic carbocycles. The first-order valence-electron chi connectivity index (χ1n) is 4.07. The average Bonchev–Trinajstić information content (AvgIpc) is 1.76. The standard InChI is InChI=1S/C9H17N/c1-4-9-6-10(7-9)5-8(2)3/h4,8-9H,1,5-7H2,2-3H3. The van der Waals surface area contributed by atoms with Gasteiger partial charge in [0.15, 0.2) is 0 Å². The summed E-state index contributed by atoms with van der Waals surface area (Å²) < 4.78 is 0. The van der Waals surface area contributed by atoms with Crippen LogP contribution in [0.5, 0.6) is 0 Å². The Morgan fingerprint density at radius 1 is 1.60 bits per heavy atom. The minimum Gasteiger partial charge on any atom is -0.302 e. The Bertz CT molecular complexity index is 112. The molecule has 0 N–H and O–H groups in total. The third-order valence-corrected chi connectivity index (χ3v) is 1.94. The molecule has 10 heavy (non-hydrogen) atoms. The van der Waals surface area contributed by atoms with Gasteiger partial charge in [0, 0.05) is 25.6 Å². The lowest BCUT2D eigenvalue weighted by atomic mass is 9.99. The molecule has 0 amide bonds. The molecule has 1 rings (SSSR count). The first-order chi connectivity index (χ1) is 4.72. The van der Waals surface area contributed by atoms with E-state index in [4.69, 9.17) is 0 Å². The molecule has 1 heterocycles. The van der Waals surface area contributed by atoms with Crippen LogP contribution in [-0.4, -0.2) is 24.5 Å². The molecule has 1 heteroatoms. The Balaban J connectivity index is 2.08. The zero-order valence-electron chi connectivity index (χ0n) is 7.01. The van der Waals surface area contributed by atoms with Gasteiger partial charge in [-0.25, -0.2) is 0 Å². The van der Waals surface area contributed by atoms with E-state index < -0.39 is 0 Å². The van der Waals surface area contributed by atoms with Crippen LogP contribution in [0.4, 0.5) is 0 Å². The summed E-state index contributed by atoms with van der Waals surface area (Å²) >= 11 is 0. The van der Waals surface area contributed by atoms with E-state index in [2.05, 4.69) is 31.4 Å². The maximum absolute atomic E-state index is 3.77. The summed E-state index contributed by atoms with van der Waals surface area (Å²) in [7, 11) is 0. The van der Waals surface area contributed by atoms with Gasteiger partial charge in [0.2, 0.25) is 0 Å². The molecule has 0 aromatic heterocycles. The first-order valence-corrected chi connectivity index (χ1v) is 4.07. The van der Waals surface area contributed by atoms with Gasteiger partial charge in [0.1, 0.15) is 0 Å². The van der Waals surface area contributed by atoms with Crippen LogP contribution in [0.1, 0.15) is 13.8 Å². The lowest BCUT2D eigenvalue weighted by molar-refractivity contribution is 0.115. The van der Waals surface area contributed by atoms with E-state index in [1.54, 1.807) is 0 Å². The van der Waals surface area contributed by atoms with Crippen LogP contribution in [0.25, 0.3) is 0 Å². The summed E-state index contributed by atoms with van der Waals surface area (Å²) in [5.41, 5.74) is 0. The van der Waals surface area contributed by atoms with E-state index in [0.717, 1.165) is 11.8 Å². The van der Waals surface area contributed by atoms with Crippen molar-refractivity contribution in [3.8, 4) is 0 Å². The molecular weight excluding hydrogens is 122 g/mol. The van der Waals surface area contributed by atoms with Crippen molar-refractivity contribution in [2.75, 3.05) is 19.6 Å². The first kappa shape index (κ1) is 7.80. The van der Waals surface area contributed by atoms with Gasteiger partial charge in [0.05, 0.1) is 0 Å². The highest BCUT2D eigenvalue weighted by Gasteiger charge is 2.23. The Labute approximate surface area is 63.7 Å². The van der Waals surface area contributed by atoms with Crippen LogP contribution in [0.15, 0.2) is 12.7 Å². The van der Waals surface area contributed by atoms with Gasteiger partial charge in [-0.2, -0.15) is 0 Å². The topological polar surface area (TPSA) is 3.24 Å². The summed E-state index contributed by atoms with van der Waals surface area (Å²) in [5, 5.41) is 0. The Kier molecular flexibility index (Phi) is 2.50. The van der Waals surface area contributed by atoms with Crippen LogP contribution in [0.2, 0.25) is 0 Å². The molecule has 0 aromatic rings. The second-order valence-electron chi connectivity index (χ2n) is 3.61. The normalized spacial score (nSPS) is 21.1. The quantitative estimate of drug-likeness (QED) is 0.538. The second kappa shape index (κ2) is 3.20. The van der Waals surface area contributed by atoms with Crippen LogP contribution in [0.3, 0.4) is 0 Å². The van der Waals surface area contributed by atoms with Crippen LogP contribution >= 0.6 is 0 Å². The van der Waals surface area contributed by atoms with Gasteiger partial charge in [-0.3, -0.25) is 0 Å². The van der Waals surface area contributed by atoms with Crippen molar-refractivity contribution in [2.24, 2.45) is 11.8 Å². The Morgan fingerprint density at radius 2 is 2.20 bits per heavy atom. The Hall–Kier alpha value is -0.300. The molecule has 0 aromatic carbocycles. The number of rotatable bonds is 3.